The number of ether oxygens (including phenoxy) is 2. The molecule has 2 aromatic rings. The SMILES string of the molecule is CCOP(=O)(COC[C@@H]1C=C[C@H](n2cc(C(N)=O)c3c(N)nc(C)nc32)O1)OCC. The number of primary amides is 1. The Kier molecular flexibility index (Phi) is 6.89. The van der Waals surface area contributed by atoms with Crippen molar-refractivity contribution in [3.05, 3.63) is 29.7 Å². The van der Waals surface area contributed by atoms with Crippen molar-refractivity contribution in [2.75, 3.05) is 31.9 Å². The summed E-state index contributed by atoms with van der Waals surface area (Å²) in [6, 6.07) is 0. The number of hydrogen-bond acceptors (Lipinski definition) is 9. The fourth-order valence-electron chi connectivity index (χ4n) is 3.20. The van der Waals surface area contributed by atoms with Crippen LogP contribution in [-0.4, -0.2) is 52.7 Å². The molecule has 0 unspecified atom stereocenters. The summed E-state index contributed by atoms with van der Waals surface area (Å²) in [5.41, 5.74) is 12.1. The van der Waals surface area contributed by atoms with Crippen LogP contribution in [0.1, 0.15) is 36.3 Å². The van der Waals surface area contributed by atoms with Crippen LogP contribution in [0.3, 0.4) is 0 Å². The molecule has 0 fully saturated rings. The standard InChI is InChI=1S/C18H26N5O6P/c1-4-27-30(25,28-5-2)10-26-9-12-6-7-14(29-12)23-8-13(17(20)24)15-16(19)21-11(3)22-18(15)23/h6-8,12,14H,4-5,9-10H2,1-3H3,(H2,20,24)(H2,19,21,22)/t12-,14+/m0/s1. The number of hydrogen-bond donors (Lipinski definition) is 2. The summed E-state index contributed by atoms with van der Waals surface area (Å²) in [5.74, 6) is -0.00305. The van der Waals surface area contributed by atoms with Gasteiger partial charge in [-0.15, -0.1) is 0 Å². The highest BCUT2D eigenvalue weighted by Crippen LogP contribution is 2.47. The molecule has 1 aliphatic rings. The van der Waals surface area contributed by atoms with Crippen molar-refractivity contribution >= 4 is 30.4 Å². The molecule has 4 N–H and O–H groups in total. The molecule has 3 heterocycles. The average molecular weight is 439 g/mol. The Hall–Kier alpha value is -2.30. The Morgan fingerprint density at radius 2 is 1.97 bits per heavy atom. The van der Waals surface area contributed by atoms with E-state index < -0.39 is 25.8 Å². The molecular formula is C18H26N5O6P. The second kappa shape index (κ2) is 9.23. The first kappa shape index (κ1) is 22.4. The smallest absolute Gasteiger partial charge is 0.356 e. The highest BCUT2D eigenvalue weighted by Gasteiger charge is 2.28. The molecule has 1 aliphatic heterocycles. The molecule has 0 saturated heterocycles. The van der Waals surface area contributed by atoms with Crippen LogP contribution >= 0.6 is 7.60 Å². The molecule has 0 aliphatic carbocycles. The zero-order chi connectivity index (χ0) is 21.9. The lowest BCUT2D eigenvalue weighted by Gasteiger charge is -2.19. The zero-order valence-corrected chi connectivity index (χ0v) is 18.0. The van der Waals surface area contributed by atoms with E-state index in [1.165, 1.54) is 0 Å². The molecule has 30 heavy (non-hydrogen) atoms. The third-order valence-electron chi connectivity index (χ3n) is 4.34. The predicted molar refractivity (Wildman–Crippen MR) is 110 cm³/mol. The van der Waals surface area contributed by atoms with Gasteiger partial charge in [-0.3, -0.25) is 9.36 Å². The second-order valence-corrected chi connectivity index (χ2v) is 8.56. The minimum absolute atomic E-state index is 0.148. The van der Waals surface area contributed by atoms with Crippen molar-refractivity contribution in [1.29, 1.82) is 0 Å². The summed E-state index contributed by atoms with van der Waals surface area (Å²) >= 11 is 0. The normalized spacial score (nSPS) is 19.0. The number of rotatable bonds is 10. The topological polar surface area (TPSA) is 154 Å². The van der Waals surface area contributed by atoms with Gasteiger partial charge in [0.1, 0.15) is 29.7 Å². The maximum absolute atomic E-state index is 12.4. The van der Waals surface area contributed by atoms with Crippen LogP contribution in [0, 0.1) is 6.92 Å². The van der Waals surface area contributed by atoms with Gasteiger partial charge in [0, 0.05) is 6.20 Å². The highest BCUT2D eigenvalue weighted by molar-refractivity contribution is 7.53. The van der Waals surface area contributed by atoms with E-state index in [4.69, 9.17) is 30.0 Å². The van der Waals surface area contributed by atoms with Crippen LogP contribution in [0.5, 0.6) is 0 Å². The van der Waals surface area contributed by atoms with Gasteiger partial charge in [-0.25, -0.2) is 9.97 Å². The summed E-state index contributed by atoms with van der Waals surface area (Å²) in [4.78, 5) is 20.4. The van der Waals surface area contributed by atoms with E-state index >= 15 is 0 Å². The monoisotopic (exact) mass is 439 g/mol. The van der Waals surface area contributed by atoms with E-state index in [9.17, 15) is 9.36 Å². The van der Waals surface area contributed by atoms with Crippen molar-refractivity contribution in [2.24, 2.45) is 5.73 Å². The van der Waals surface area contributed by atoms with Crippen LogP contribution < -0.4 is 11.5 Å². The van der Waals surface area contributed by atoms with E-state index in [1.54, 1.807) is 37.6 Å². The fraction of sp³-hybridized carbons (Fsp3) is 0.500. The molecule has 2 aromatic heterocycles. The minimum atomic E-state index is -3.29. The van der Waals surface area contributed by atoms with Crippen molar-refractivity contribution in [2.45, 2.75) is 33.1 Å². The number of aromatic nitrogens is 3. The van der Waals surface area contributed by atoms with Gasteiger partial charge in [-0.05, 0) is 26.8 Å². The Bertz CT molecular complexity index is 997. The number of anilines is 1. The molecule has 164 valence electrons. The maximum atomic E-state index is 12.4. The van der Waals surface area contributed by atoms with Crippen LogP contribution in [0.2, 0.25) is 0 Å². The molecule has 3 rings (SSSR count). The van der Waals surface area contributed by atoms with Crippen molar-refractivity contribution in [3.63, 3.8) is 0 Å². The van der Waals surface area contributed by atoms with Gasteiger partial charge in [0.15, 0.2) is 6.23 Å². The molecule has 12 heteroatoms. The number of aryl methyl sites for hydroxylation is 1. The Morgan fingerprint density at radius 1 is 1.27 bits per heavy atom. The quantitative estimate of drug-likeness (QED) is 0.418. The summed E-state index contributed by atoms with van der Waals surface area (Å²) < 4.78 is 36.0. The van der Waals surface area contributed by atoms with Gasteiger partial charge >= 0.3 is 7.60 Å². The zero-order valence-electron chi connectivity index (χ0n) is 17.1. The predicted octanol–water partition coefficient (Wildman–Crippen LogP) is 2.11. The molecular weight excluding hydrogens is 413 g/mol. The number of nitrogens with two attached hydrogens (primary N) is 2. The molecule has 2 atom stereocenters. The summed E-state index contributed by atoms with van der Waals surface area (Å²) in [5, 5.41) is 0.388. The number of amides is 1. The van der Waals surface area contributed by atoms with E-state index in [0.29, 0.717) is 16.9 Å². The summed E-state index contributed by atoms with van der Waals surface area (Å²) in [6.07, 6.45) is 4.04. The van der Waals surface area contributed by atoms with Crippen LogP contribution in [0.25, 0.3) is 11.0 Å². The van der Waals surface area contributed by atoms with Gasteiger partial charge in [-0.2, -0.15) is 0 Å². The lowest BCUT2D eigenvalue weighted by Crippen LogP contribution is -2.18. The Labute approximate surface area is 173 Å². The lowest BCUT2D eigenvalue weighted by atomic mass is 10.2. The largest absolute Gasteiger partial charge is 0.383 e. The first-order valence-electron chi connectivity index (χ1n) is 9.52. The maximum Gasteiger partial charge on any atom is 0.356 e. The third-order valence-corrected chi connectivity index (χ3v) is 6.14. The molecule has 0 saturated carbocycles. The third kappa shape index (κ3) is 4.71. The average Bonchev–Trinajstić information content (AvgIpc) is 3.26. The van der Waals surface area contributed by atoms with Crippen LogP contribution in [0.4, 0.5) is 5.82 Å². The molecule has 11 nitrogen and oxygen atoms in total. The number of carbonyl (C=O) groups excluding carboxylic acids is 1. The van der Waals surface area contributed by atoms with E-state index in [-0.39, 0.29) is 37.5 Å². The first-order chi connectivity index (χ1) is 14.3. The molecule has 0 radical (unpaired) electrons. The van der Waals surface area contributed by atoms with Crippen LogP contribution in [-0.2, 0) is 23.1 Å². The fourth-order valence-corrected chi connectivity index (χ4v) is 4.54. The number of nitrogen functional groups attached to an aromatic ring is 1. The Balaban J connectivity index is 1.72. The number of fused-ring (bicyclic) bond motifs is 1. The lowest BCUT2D eigenvalue weighted by molar-refractivity contribution is -0.0224. The van der Waals surface area contributed by atoms with E-state index in [0.717, 1.165) is 0 Å². The van der Waals surface area contributed by atoms with Gasteiger partial charge < -0.3 is 34.6 Å². The van der Waals surface area contributed by atoms with Crippen molar-refractivity contribution in [1.82, 2.24) is 14.5 Å². The minimum Gasteiger partial charge on any atom is -0.383 e. The van der Waals surface area contributed by atoms with Gasteiger partial charge in [0.25, 0.3) is 5.91 Å². The summed E-state index contributed by atoms with van der Waals surface area (Å²) in [6.45, 7) is 5.84. The van der Waals surface area contributed by atoms with Crippen molar-refractivity contribution in [3.8, 4) is 0 Å². The molecule has 0 aromatic carbocycles. The van der Waals surface area contributed by atoms with Gasteiger partial charge in [0.2, 0.25) is 0 Å². The van der Waals surface area contributed by atoms with Crippen LogP contribution in [0.15, 0.2) is 18.3 Å². The molecule has 0 bridgehead atoms. The summed E-state index contributed by atoms with van der Waals surface area (Å²) in [7, 11) is -3.29. The molecule has 1 amide bonds. The van der Waals surface area contributed by atoms with Gasteiger partial charge in [-0.1, -0.05) is 6.08 Å². The van der Waals surface area contributed by atoms with Crippen molar-refractivity contribution < 1.29 is 27.9 Å². The number of nitrogens with zero attached hydrogens (tertiary/aromatic N) is 3. The second-order valence-electron chi connectivity index (χ2n) is 6.57. The molecule has 0 spiro atoms. The highest BCUT2D eigenvalue weighted by atomic mass is 31.2. The Morgan fingerprint density at radius 3 is 2.60 bits per heavy atom. The first-order valence-corrected chi connectivity index (χ1v) is 11.2. The van der Waals surface area contributed by atoms with Gasteiger partial charge in [0.05, 0.1) is 30.8 Å². The number of carbonyl (C=O) groups is 1. The van der Waals surface area contributed by atoms with E-state index in [2.05, 4.69) is 9.97 Å². The van der Waals surface area contributed by atoms with E-state index in [1.807, 2.05) is 6.08 Å².